The third-order valence-electron chi connectivity index (χ3n) is 5.98. The van der Waals surface area contributed by atoms with Gasteiger partial charge in [-0.05, 0) is 66.2 Å². The highest BCUT2D eigenvalue weighted by Gasteiger charge is 2.15. The van der Waals surface area contributed by atoms with E-state index in [-0.39, 0.29) is 29.4 Å². The van der Waals surface area contributed by atoms with Gasteiger partial charge in [0.15, 0.2) is 0 Å². The third-order valence-corrected chi connectivity index (χ3v) is 5.98. The Hall–Kier alpha value is -5.11. The fourth-order valence-corrected chi connectivity index (χ4v) is 4.02. The zero-order valence-corrected chi connectivity index (χ0v) is 20.6. The number of hydrogen-bond acceptors (Lipinski definition) is 5. The lowest BCUT2D eigenvalue weighted by Crippen LogP contribution is -2.18. The molecule has 0 spiro atoms. The lowest BCUT2D eigenvalue weighted by molar-refractivity contribution is 0.101. The number of aromatic nitrogens is 2. The van der Waals surface area contributed by atoms with E-state index in [0.717, 1.165) is 11.3 Å². The standard InChI is InChI=1S/C30H24FN5O2/c1-36(24-15-13-23(31)14-16-24)19-20-12-17-26-25(18-20)27(33-28(37)21-8-4-2-5-9-21)34-30(32-26)35-29(38)22-10-6-3-7-11-22/h2-18H,19H2,1H3,(H2,32,33,34,35,37,38). The fraction of sp³-hybridized carbons (Fsp3) is 0.0667. The highest BCUT2D eigenvalue weighted by molar-refractivity contribution is 6.09. The Kier molecular flexibility index (Phi) is 7.04. The van der Waals surface area contributed by atoms with Crippen LogP contribution in [-0.2, 0) is 6.54 Å². The summed E-state index contributed by atoms with van der Waals surface area (Å²) in [6, 6.07) is 29.5. The molecule has 2 N–H and O–H groups in total. The summed E-state index contributed by atoms with van der Waals surface area (Å²) in [6.07, 6.45) is 0. The van der Waals surface area contributed by atoms with Crippen molar-refractivity contribution >= 4 is 40.2 Å². The number of carbonyl (C=O) groups excluding carboxylic acids is 2. The van der Waals surface area contributed by atoms with E-state index in [1.54, 1.807) is 60.7 Å². The van der Waals surface area contributed by atoms with Gasteiger partial charge in [0.2, 0.25) is 5.95 Å². The number of benzene rings is 4. The monoisotopic (exact) mass is 505 g/mol. The number of hydrogen-bond donors (Lipinski definition) is 2. The van der Waals surface area contributed by atoms with Crippen molar-refractivity contribution in [3.05, 3.63) is 126 Å². The molecule has 5 aromatic rings. The first-order valence-electron chi connectivity index (χ1n) is 12.0. The van der Waals surface area contributed by atoms with Crippen LogP contribution in [0.2, 0.25) is 0 Å². The molecule has 0 radical (unpaired) electrons. The summed E-state index contributed by atoms with van der Waals surface area (Å²) in [5.74, 6) is -0.633. The van der Waals surface area contributed by atoms with E-state index >= 15 is 0 Å². The maximum atomic E-state index is 13.3. The largest absolute Gasteiger partial charge is 0.370 e. The van der Waals surface area contributed by atoms with Crippen LogP contribution in [0, 0.1) is 5.82 Å². The SMILES string of the molecule is CN(Cc1ccc2nc(NC(=O)c3ccccc3)nc(NC(=O)c3ccccc3)c2c1)c1ccc(F)cc1. The average Bonchev–Trinajstić information content (AvgIpc) is 2.94. The minimum Gasteiger partial charge on any atom is -0.370 e. The highest BCUT2D eigenvalue weighted by atomic mass is 19.1. The maximum absolute atomic E-state index is 13.3. The Balaban J connectivity index is 1.49. The predicted molar refractivity (Wildman–Crippen MR) is 147 cm³/mol. The molecule has 0 aliphatic heterocycles. The van der Waals surface area contributed by atoms with Gasteiger partial charge in [0.1, 0.15) is 11.6 Å². The van der Waals surface area contributed by atoms with Crippen molar-refractivity contribution in [2.45, 2.75) is 6.54 Å². The van der Waals surface area contributed by atoms with Crippen molar-refractivity contribution < 1.29 is 14.0 Å². The van der Waals surface area contributed by atoms with Crippen LogP contribution in [0.5, 0.6) is 0 Å². The van der Waals surface area contributed by atoms with Gasteiger partial charge in [-0.25, -0.2) is 9.37 Å². The van der Waals surface area contributed by atoms with Crippen molar-refractivity contribution in [1.82, 2.24) is 9.97 Å². The molecule has 4 aromatic carbocycles. The molecule has 38 heavy (non-hydrogen) atoms. The summed E-state index contributed by atoms with van der Waals surface area (Å²) < 4.78 is 13.3. The van der Waals surface area contributed by atoms with Crippen LogP contribution in [0.1, 0.15) is 26.3 Å². The van der Waals surface area contributed by atoms with E-state index in [2.05, 4.69) is 20.6 Å². The van der Waals surface area contributed by atoms with Crippen LogP contribution in [0.3, 0.4) is 0 Å². The molecule has 0 bridgehead atoms. The molecule has 2 amide bonds. The van der Waals surface area contributed by atoms with Crippen LogP contribution in [0.4, 0.5) is 21.8 Å². The lowest BCUT2D eigenvalue weighted by Gasteiger charge is -2.20. The van der Waals surface area contributed by atoms with Gasteiger partial charge in [-0.3, -0.25) is 14.9 Å². The van der Waals surface area contributed by atoms with E-state index in [9.17, 15) is 14.0 Å². The number of halogens is 1. The predicted octanol–water partition coefficient (Wildman–Crippen LogP) is 5.91. The lowest BCUT2D eigenvalue weighted by atomic mass is 10.1. The molecule has 1 aromatic heterocycles. The number of rotatable bonds is 7. The third kappa shape index (κ3) is 5.65. The molecule has 1 heterocycles. The number of anilines is 3. The Bertz CT molecular complexity index is 1590. The molecule has 8 heteroatoms. The van der Waals surface area contributed by atoms with Crippen LogP contribution < -0.4 is 15.5 Å². The van der Waals surface area contributed by atoms with E-state index < -0.39 is 0 Å². The van der Waals surface area contributed by atoms with Crippen LogP contribution >= 0.6 is 0 Å². The smallest absolute Gasteiger partial charge is 0.258 e. The van der Waals surface area contributed by atoms with E-state index in [0.29, 0.717) is 28.6 Å². The molecular weight excluding hydrogens is 481 g/mol. The second kappa shape index (κ2) is 10.9. The first-order chi connectivity index (χ1) is 18.5. The van der Waals surface area contributed by atoms with E-state index in [1.165, 1.54) is 12.1 Å². The van der Waals surface area contributed by atoms with E-state index in [1.807, 2.05) is 42.3 Å². The molecule has 0 fully saturated rings. The second-order valence-electron chi connectivity index (χ2n) is 8.72. The van der Waals surface area contributed by atoms with Gasteiger partial charge in [-0.2, -0.15) is 4.98 Å². The van der Waals surface area contributed by atoms with Gasteiger partial charge < -0.3 is 10.2 Å². The normalized spacial score (nSPS) is 10.7. The molecule has 0 aliphatic rings. The second-order valence-corrected chi connectivity index (χ2v) is 8.72. The zero-order chi connectivity index (χ0) is 26.5. The number of amides is 2. The van der Waals surface area contributed by atoms with Crippen molar-refractivity contribution in [3.63, 3.8) is 0 Å². The van der Waals surface area contributed by atoms with Crippen molar-refractivity contribution in [2.24, 2.45) is 0 Å². The first kappa shape index (κ1) is 24.6. The molecule has 0 saturated heterocycles. The minimum atomic E-state index is -0.358. The summed E-state index contributed by atoms with van der Waals surface area (Å²) in [6.45, 7) is 0.528. The molecule has 0 atom stereocenters. The molecule has 5 rings (SSSR count). The van der Waals surface area contributed by atoms with Crippen LogP contribution in [0.15, 0.2) is 103 Å². The maximum Gasteiger partial charge on any atom is 0.258 e. The van der Waals surface area contributed by atoms with Crippen LogP contribution in [-0.4, -0.2) is 28.8 Å². The van der Waals surface area contributed by atoms with Gasteiger partial charge in [0, 0.05) is 35.8 Å². The molecule has 188 valence electrons. The van der Waals surface area contributed by atoms with Gasteiger partial charge >= 0.3 is 0 Å². The van der Waals surface area contributed by atoms with Crippen molar-refractivity contribution in [1.29, 1.82) is 0 Å². The van der Waals surface area contributed by atoms with Gasteiger partial charge in [-0.1, -0.05) is 42.5 Å². The first-order valence-corrected chi connectivity index (χ1v) is 12.0. The summed E-state index contributed by atoms with van der Waals surface area (Å²) in [5.41, 5.74) is 3.29. The summed E-state index contributed by atoms with van der Waals surface area (Å²) >= 11 is 0. The highest BCUT2D eigenvalue weighted by Crippen LogP contribution is 2.26. The van der Waals surface area contributed by atoms with Crippen LogP contribution in [0.25, 0.3) is 10.9 Å². The fourth-order valence-electron chi connectivity index (χ4n) is 4.02. The Morgan fingerprint density at radius 3 is 2.00 bits per heavy atom. The number of nitrogens with zero attached hydrogens (tertiary/aromatic N) is 3. The average molecular weight is 506 g/mol. The Labute approximate surface area is 219 Å². The quantitative estimate of drug-likeness (QED) is 0.287. The van der Waals surface area contributed by atoms with Gasteiger partial charge in [0.25, 0.3) is 11.8 Å². The van der Waals surface area contributed by atoms with E-state index in [4.69, 9.17) is 0 Å². The van der Waals surface area contributed by atoms with Crippen molar-refractivity contribution in [3.8, 4) is 0 Å². The van der Waals surface area contributed by atoms with Gasteiger partial charge in [-0.15, -0.1) is 0 Å². The molecular formula is C30H24FN5O2. The summed E-state index contributed by atoms with van der Waals surface area (Å²) in [4.78, 5) is 36.7. The van der Waals surface area contributed by atoms with Gasteiger partial charge in [0.05, 0.1) is 5.52 Å². The molecule has 0 saturated carbocycles. The summed E-state index contributed by atoms with van der Waals surface area (Å²) in [5, 5.41) is 6.22. The summed E-state index contributed by atoms with van der Waals surface area (Å²) in [7, 11) is 1.91. The number of carbonyl (C=O) groups is 2. The molecule has 0 aliphatic carbocycles. The number of fused-ring (bicyclic) bond motifs is 1. The Morgan fingerprint density at radius 1 is 0.763 bits per heavy atom. The Morgan fingerprint density at radius 2 is 1.37 bits per heavy atom. The minimum absolute atomic E-state index is 0.0749. The van der Waals surface area contributed by atoms with Crippen molar-refractivity contribution in [2.75, 3.05) is 22.6 Å². The molecule has 7 nitrogen and oxygen atoms in total. The topological polar surface area (TPSA) is 87.2 Å². The zero-order valence-electron chi connectivity index (χ0n) is 20.6. The molecule has 0 unspecified atom stereocenters. The number of nitrogens with one attached hydrogen (secondary N) is 2.